The summed E-state index contributed by atoms with van der Waals surface area (Å²) in [6, 6.07) is 67.7. The van der Waals surface area contributed by atoms with Crippen molar-refractivity contribution in [1.82, 2.24) is 0 Å². The zero-order chi connectivity index (χ0) is 95.7. The van der Waals surface area contributed by atoms with E-state index in [-0.39, 0.29) is 35.4 Å². The maximum Gasteiger partial charge on any atom is 0.493 e. The van der Waals surface area contributed by atoms with Gasteiger partial charge in [-0.25, -0.2) is 0 Å². The van der Waals surface area contributed by atoms with E-state index in [0.717, 1.165) is 70.2 Å². The summed E-state index contributed by atoms with van der Waals surface area (Å²) >= 11 is 29.9. The first-order valence-electron chi connectivity index (χ1n) is 50.8. The monoisotopic (exact) mass is 2350 g/mol. The molecule has 1 fully saturated rings. The zero-order valence-electron chi connectivity index (χ0n) is 81.1. The number of fused-ring (bicyclic) bond motifs is 19. The largest absolute Gasteiger partial charge is 0.493 e. The number of benzene rings is 10. The average Bonchev–Trinajstić information content (AvgIpc) is 1.65. The summed E-state index contributed by atoms with van der Waals surface area (Å²) in [5.74, 6) is 0. The van der Waals surface area contributed by atoms with Crippen LogP contribution in [0.5, 0.6) is 0 Å². The molecule has 1 radical (unpaired) electrons. The summed E-state index contributed by atoms with van der Waals surface area (Å²) in [7, 11) is 4.97. The number of hydrogen-bond donors (Lipinski definition) is 1. The number of hydrogen-bond acceptors (Lipinski definition) is 10. The normalized spacial score (nSPS) is 14.5. The van der Waals surface area contributed by atoms with Gasteiger partial charge >= 0.3 is 14.6 Å². The van der Waals surface area contributed by atoms with Crippen molar-refractivity contribution < 1.29 is 47.5 Å². The van der Waals surface area contributed by atoms with Crippen LogP contribution in [-0.2, 0) is 64.0 Å². The summed E-state index contributed by atoms with van der Waals surface area (Å²) in [6.45, 7) is 17.3. The number of ether oxygens (including phenoxy) is 6. The zero-order valence-corrected chi connectivity index (χ0v) is 93.8. The third-order valence-corrected chi connectivity index (χ3v) is 32.6. The third kappa shape index (κ3) is 27.1. The fourth-order valence-electron chi connectivity index (χ4n) is 22.0. The second-order valence-corrected chi connectivity index (χ2v) is 45.0. The van der Waals surface area contributed by atoms with Crippen LogP contribution in [0.4, 0.5) is 0 Å². The molecule has 1 N–H and O–H groups in total. The molecule has 727 valence electrons. The molecule has 6 aliphatic rings. The molecule has 10 nitrogen and oxygen atoms in total. The van der Waals surface area contributed by atoms with E-state index in [1.165, 1.54) is 289 Å². The number of unbranched alkanes of at least 4 members (excludes halogenated alkanes) is 20. The van der Waals surface area contributed by atoms with Crippen molar-refractivity contribution in [3.63, 3.8) is 0 Å². The Labute approximate surface area is 882 Å². The van der Waals surface area contributed by atoms with E-state index in [1.54, 1.807) is 25.3 Å². The molecule has 136 heavy (non-hydrogen) atoms. The van der Waals surface area contributed by atoms with E-state index in [2.05, 4.69) is 337 Å². The SMILES string of the molecule is Brc1ccc2c(c1)C1(c3cc(Br)ccc3-2)c2cc(Br)ccc2-c2ccc(Br)cc21.CCCCCCCCC1(CCCCCCCC)c2cc(Br)ccc2-c2ccc(Br)cc21.CCCCCCCCC1(CCCCCCCC)c2cc([B]OCCCO)ccc2-c2ccc(B3OCCCO3)cc21.COCCOCCOCCC1(CCOCCOCCOC)c2cc(Br)ccc2-c2ccc(Br)cc21. The van der Waals surface area contributed by atoms with Gasteiger partial charge in [-0.2, -0.15) is 0 Å². The van der Waals surface area contributed by atoms with Crippen LogP contribution in [0.3, 0.4) is 0 Å². The Morgan fingerprint density at radius 2 is 0.537 bits per heavy atom. The van der Waals surface area contributed by atoms with Crippen LogP contribution in [0.1, 0.15) is 289 Å². The quantitative estimate of drug-likeness (QED) is 0.0293. The predicted molar refractivity (Wildman–Crippen MR) is 595 cm³/mol. The van der Waals surface area contributed by atoms with E-state index < -0.39 is 0 Å². The van der Waals surface area contributed by atoms with Gasteiger partial charge in [-0.15, -0.1) is 0 Å². The minimum Gasteiger partial charge on any atom is -0.434 e. The van der Waals surface area contributed by atoms with Gasteiger partial charge in [0.25, 0.3) is 0 Å². The Balaban J connectivity index is 0.000000155. The van der Waals surface area contributed by atoms with Gasteiger partial charge in [0.1, 0.15) is 0 Å². The molecule has 1 spiro atoms. The van der Waals surface area contributed by atoms with Crippen LogP contribution in [-0.4, -0.2) is 126 Å². The molecule has 0 bridgehead atoms. The number of aliphatic hydroxyl groups excluding tert-OH is 1. The van der Waals surface area contributed by atoms with Crippen LogP contribution in [0, 0.1) is 0 Å². The van der Waals surface area contributed by atoms with Crippen LogP contribution in [0.2, 0.25) is 0 Å². The second-order valence-electron chi connectivity index (χ2n) is 37.6. The lowest BCUT2D eigenvalue weighted by Crippen LogP contribution is -2.41. The minimum absolute atomic E-state index is 0.000194. The van der Waals surface area contributed by atoms with Gasteiger partial charge in [0.2, 0.25) is 0 Å². The van der Waals surface area contributed by atoms with Crippen molar-refractivity contribution in [1.29, 1.82) is 0 Å². The van der Waals surface area contributed by atoms with E-state index in [9.17, 15) is 0 Å². The molecule has 16 rings (SSSR count). The van der Waals surface area contributed by atoms with Gasteiger partial charge in [0.05, 0.1) is 58.3 Å². The molecule has 0 amide bonds. The van der Waals surface area contributed by atoms with E-state index in [4.69, 9.17) is 47.5 Å². The van der Waals surface area contributed by atoms with Crippen molar-refractivity contribution in [3.8, 4) is 55.6 Å². The van der Waals surface area contributed by atoms with Gasteiger partial charge in [0, 0.05) is 106 Å². The van der Waals surface area contributed by atoms with Gasteiger partial charge < -0.3 is 47.5 Å². The Kier molecular flexibility index (Phi) is 44.7. The van der Waals surface area contributed by atoms with Crippen molar-refractivity contribution >= 4 is 153 Å². The molecule has 10 aromatic carbocycles. The molecule has 0 unspecified atom stereocenters. The van der Waals surface area contributed by atoms with Crippen molar-refractivity contribution in [2.45, 2.75) is 255 Å². The first-order valence-corrected chi connectivity index (χ1v) is 57.1. The average molecular weight is 2360 g/mol. The van der Waals surface area contributed by atoms with Crippen LogP contribution < -0.4 is 10.9 Å². The highest BCUT2D eigenvalue weighted by Crippen LogP contribution is 2.65. The first-order chi connectivity index (χ1) is 66.5. The summed E-state index contributed by atoms with van der Waals surface area (Å²) in [4.78, 5) is 0. The highest BCUT2D eigenvalue weighted by atomic mass is 79.9. The molecule has 1 saturated heterocycles. The van der Waals surface area contributed by atoms with Crippen molar-refractivity contribution in [3.05, 3.63) is 273 Å². The highest BCUT2D eigenvalue weighted by molar-refractivity contribution is 9.11. The molecule has 20 heteroatoms. The van der Waals surface area contributed by atoms with Crippen molar-refractivity contribution in [2.75, 3.05) is 107 Å². The number of methoxy groups -OCH3 is 2. The van der Waals surface area contributed by atoms with Crippen molar-refractivity contribution in [2.24, 2.45) is 0 Å². The smallest absolute Gasteiger partial charge is 0.434 e. The predicted octanol–water partition coefficient (Wildman–Crippen LogP) is 32.9. The Morgan fingerprint density at radius 1 is 0.279 bits per heavy atom. The molecule has 5 aliphatic carbocycles. The van der Waals surface area contributed by atoms with Gasteiger partial charge in [0.15, 0.2) is 0 Å². The van der Waals surface area contributed by atoms with Gasteiger partial charge in [-0.05, 0) is 265 Å². The fraction of sp³-hybridized carbons (Fsp3) is 0.483. The molecule has 0 saturated carbocycles. The lowest BCUT2D eigenvalue weighted by Gasteiger charge is -2.34. The molecule has 1 heterocycles. The van der Waals surface area contributed by atoms with Crippen LogP contribution in [0.25, 0.3) is 55.6 Å². The van der Waals surface area contributed by atoms with Crippen LogP contribution >= 0.6 is 127 Å². The molecule has 10 aromatic rings. The van der Waals surface area contributed by atoms with Gasteiger partial charge in [-0.1, -0.05) is 400 Å². The number of halogens is 8. The van der Waals surface area contributed by atoms with E-state index >= 15 is 0 Å². The summed E-state index contributed by atoms with van der Waals surface area (Å²) < 4.78 is 60.1. The third-order valence-electron chi connectivity index (χ3n) is 28.6. The first kappa shape index (κ1) is 109. The second kappa shape index (κ2) is 55.7. The number of rotatable bonds is 52. The Hall–Kier alpha value is -4.23. The van der Waals surface area contributed by atoms with Crippen LogP contribution in [0.15, 0.2) is 218 Å². The van der Waals surface area contributed by atoms with E-state index in [0.29, 0.717) is 79.1 Å². The topological polar surface area (TPSA) is 103 Å². The summed E-state index contributed by atoms with van der Waals surface area (Å²) in [5.41, 5.74) is 29.4. The minimum atomic E-state index is -0.337. The standard InChI is InChI=1S/C35H53B2O4.C29H40Br2.C27H36Br2O6.C25H12Br4/c1-3-5-7-9-11-13-21-35(22-14-12-10-8-6-4-2)33-27-29(36-39-24-15-23-38)17-19-31(33)32-20-18-30(28-34(32)35)37-40-25-16-26-41-37;1-3-5-7-9-11-13-19-29(20-14-12-10-8-6-4-2)27-21-23(30)15-17-25(27)26-18-16-24(31)22-28(26)29;1-30-11-13-34-17-15-32-9-7-27(8-10-33-16-18-35-14-12-31-2)25-19-21(28)3-5-23(25)24-6-4-22(29)20-26(24)27;26-13-1-5-17-18-6-2-14(27)10-22(18)25(21(17)9-13)23-11-15(28)3-7-19(23)20-8-4-16(29)12-24(20)25/h17-20,27-28,38H,3-16,21-26H2,1-2H3;15-18,21-22H,3-14,19-20H2,1-2H3;3-6,19-20H,7-18H2,1-2H3;1-12H. The Bertz CT molecular complexity index is 5080. The Morgan fingerprint density at radius 3 is 0.853 bits per heavy atom. The maximum absolute atomic E-state index is 9.16. The molecular weight excluding hydrogens is 2210 g/mol. The maximum atomic E-state index is 9.16. The van der Waals surface area contributed by atoms with E-state index in [1.807, 2.05) is 7.48 Å². The summed E-state index contributed by atoms with van der Waals surface area (Å²) in [5, 5.41) is 9.16. The lowest BCUT2D eigenvalue weighted by atomic mass is 9.67. The molecular formula is C116H141B2Br8O10. The number of aliphatic hydroxyl groups is 1. The van der Waals surface area contributed by atoms with Gasteiger partial charge in [-0.3, -0.25) is 0 Å². The molecule has 0 aromatic heterocycles. The molecule has 0 atom stereocenters. The lowest BCUT2D eigenvalue weighted by molar-refractivity contribution is 0.0145. The highest BCUT2D eigenvalue weighted by Gasteiger charge is 2.53. The molecule has 1 aliphatic heterocycles. The fourth-order valence-corrected chi connectivity index (χ4v) is 24.9. The summed E-state index contributed by atoms with van der Waals surface area (Å²) in [6.07, 6.45) is 40.3.